The summed E-state index contributed by atoms with van der Waals surface area (Å²) in [6.45, 7) is 2.29. The van der Waals surface area contributed by atoms with E-state index in [9.17, 15) is 19.8 Å². The van der Waals surface area contributed by atoms with E-state index < -0.39 is 0 Å². The van der Waals surface area contributed by atoms with E-state index in [4.69, 9.17) is 4.74 Å². The summed E-state index contributed by atoms with van der Waals surface area (Å²) in [6.07, 6.45) is 3.29. The highest BCUT2D eigenvalue weighted by atomic mass is 32.1. The number of ether oxygens (including phenoxy) is 1. The fraction of sp³-hybridized carbons (Fsp3) is 0.143. The Kier molecular flexibility index (Phi) is 6.35. The Morgan fingerprint density at radius 3 is 2.29 bits per heavy atom. The van der Waals surface area contributed by atoms with Gasteiger partial charge in [0.25, 0.3) is 0 Å². The molecule has 35 heavy (non-hydrogen) atoms. The minimum atomic E-state index is -0.134. The average Bonchev–Trinajstić information content (AvgIpc) is 3.26. The average molecular weight is 486 g/mol. The lowest BCUT2D eigenvalue weighted by Crippen LogP contribution is -2.39. The van der Waals surface area contributed by atoms with Crippen LogP contribution in [0.2, 0.25) is 0 Å². The SMILES string of the molecule is O=C(c1ccc(/C=C/C(=O)N2CCOCC2)cc1)c1c(-c2ccc(O)cc2)sc2cc(O)ccc12. The van der Waals surface area contributed by atoms with Crippen LogP contribution in [0, 0.1) is 0 Å². The van der Waals surface area contributed by atoms with Crippen LogP contribution in [0.3, 0.4) is 0 Å². The lowest BCUT2D eigenvalue weighted by atomic mass is 9.97. The number of phenols is 2. The fourth-order valence-electron chi connectivity index (χ4n) is 4.07. The number of carbonyl (C=O) groups excluding carboxylic acids is 2. The number of hydrogen-bond acceptors (Lipinski definition) is 6. The Morgan fingerprint density at radius 2 is 1.57 bits per heavy atom. The minimum absolute atomic E-state index is 0.0556. The molecule has 2 N–H and O–H groups in total. The van der Waals surface area contributed by atoms with Crippen LogP contribution >= 0.6 is 11.3 Å². The monoisotopic (exact) mass is 485 g/mol. The number of carbonyl (C=O) groups is 2. The number of morpholine rings is 1. The van der Waals surface area contributed by atoms with Crippen molar-refractivity contribution >= 4 is 39.2 Å². The van der Waals surface area contributed by atoms with Gasteiger partial charge in [-0.3, -0.25) is 9.59 Å². The molecule has 0 bridgehead atoms. The van der Waals surface area contributed by atoms with Crippen LogP contribution in [-0.2, 0) is 9.53 Å². The molecule has 1 amide bonds. The van der Waals surface area contributed by atoms with E-state index in [1.54, 1.807) is 71.6 Å². The van der Waals surface area contributed by atoms with Crippen LogP contribution in [-0.4, -0.2) is 53.1 Å². The number of nitrogens with zero attached hydrogens (tertiary/aromatic N) is 1. The minimum Gasteiger partial charge on any atom is -0.508 e. The Bertz CT molecular complexity index is 1410. The number of benzene rings is 3. The molecule has 0 saturated carbocycles. The molecule has 2 heterocycles. The first-order chi connectivity index (χ1) is 17.0. The van der Waals surface area contributed by atoms with E-state index in [0.717, 1.165) is 26.1 Å². The molecular weight excluding hydrogens is 462 g/mol. The van der Waals surface area contributed by atoms with E-state index in [0.29, 0.717) is 37.4 Å². The highest BCUT2D eigenvalue weighted by Crippen LogP contribution is 2.41. The first-order valence-electron chi connectivity index (χ1n) is 11.2. The number of thiophene rings is 1. The lowest BCUT2D eigenvalue weighted by Gasteiger charge is -2.25. The zero-order valence-electron chi connectivity index (χ0n) is 18.8. The van der Waals surface area contributed by atoms with Crippen molar-refractivity contribution in [3.05, 3.63) is 89.5 Å². The summed E-state index contributed by atoms with van der Waals surface area (Å²) in [5, 5.41) is 20.4. The van der Waals surface area contributed by atoms with Gasteiger partial charge >= 0.3 is 0 Å². The smallest absolute Gasteiger partial charge is 0.246 e. The molecule has 1 fully saturated rings. The van der Waals surface area contributed by atoms with Gasteiger partial charge in [-0.25, -0.2) is 0 Å². The van der Waals surface area contributed by atoms with Crippen molar-refractivity contribution in [1.82, 2.24) is 4.90 Å². The van der Waals surface area contributed by atoms with Crippen LogP contribution in [0.4, 0.5) is 0 Å². The van der Waals surface area contributed by atoms with Gasteiger partial charge in [-0.1, -0.05) is 24.3 Å². The van der Waals surface area contributed by atoms with Crippen molar-refractivity contribution in [2.75, 3.05) is 26.3 Å². The topological polar surface area (TPSA) is 87.1 Å². The third kappa shape index (κ3) is 4.82. The molecule has 4 aromatic rings. The maximum absolute atomic E-state index is 13.7. The fourth-order valence-corrected chi connectivity index (χ4v) is 5.31. The van der Waals surface area contributed by atoms with Crippen LogP contribution < -0.4 is 0 Å². The van der Waals surface area contributed by atoms with Gasteiger partial charge in [-0.15, -0.1) is 11.3 Å². The summed E-state index contributed by atoms with van der Waals surface area (Å²) in [4.78, 5) is 28.5. The number of ketones is 1. The number of aromatic hydroxyl groups is 2. The van der Waals surface area contributed by atoms with Gasteiger partial charge in [-0.2, -0.15) is 0 Å². The largest absolute Gasteiger partial charge is 0.508 e. The molecule has 5 rings (SSSR count). The Balaban J connectivity index is 1.45. The van der Waals surface area contributed by atoms with Crippen molar-refractivity contribution in [2.24, 2.45) is 0 Å². The van der Waals surface area contributed by atoms with Gasteiger partial charge in [0.05, 0.1) is 13.2 Å². The molecule has 7 heteroatoms. The van der Waals surface area contributed by atoms with Gasteiger partial charge in [0.2, 0.25) is 5.91 Å². The van der Waals surface area contributed by atoms with Crippen molar-refractivity contribution in [2.45, 2.75) is 0 Å². The molecule has 6 nitrogen and oxygen atoms in total. The lowest BCUT2D eigenvalue weighted by molar-refractivity contribution is -0.129. The molecule has 1 aliphatic rings. The van der Waals surface area contributed by atoms with E-state index >= 15 is 0 Å². The van der Waals surface area contributed by atoms with E-state index in [1.807, 2.05) is 12.1 Å². The van der Waals surface area contributed by atoms with Crippen molar-refractivity contribution in [3.8, 4) is 21.9 Å². The summed E-state index contributed by atoms with van der Waals surface area (Å²) in [5.41, 5.74) is 2.71. The third-order valence-corrected chi connectivity index (χ3v) is 7.15. The summed E-state index contributed by atoms with van der Waals surface area (Å²) >= 11 is 1.42. The Labute approximate surface area is 206 Å². The van der Waals surface area contributed by atoms with Crippen LogP contribution in [0.25, 0.3) is 26.6 Å². The summed E-state index contributed by atoms with van der Waals surface area (Å²) in [5.74, 6) is 0.0961. The molecule has 0 aliphatic carbocycles. The van der Waals surface area contributed by atoms with Gasteiger partial charge in [-0.05, 0) is 59.7 Å². The first kappa shape index (κ1) is 22.8. The zero-order valence-corrected chi connectivity index (χ0v) is 19.6. The predicted molar refractivity (Wildman–Crippen MR) is 137 cm³/mol. The second kappa shape index (κ2) is 9.74. The molecule has 176 valence electrons. The van der Waals surface area contributed by atoms with Crippen LogP contribution in [0.15, 0.2) is 72.8 Å². The molecule has 1 aromatic heterocycles. The normalized spacial score (nSPS) is 14.0. The van der Waals surface area contributed by atoms with Crippen molar-refractivity contribution in [1.29, 1.82) is 0 Å². The van der Waals surface area contributed by atoms with Crippen molar-refractivity contribution in [3.63, 3.8) is 0 Å². The molecule has 1 aliphatic heterocycles. The number of rotatable bonds is 5. The molecule has 3 aromatic carbocycles. The van der Waals surface area contributed by atoms with Gasteiger partial charge in [0, 0.05) is 45.3 Å². The van der Waals surface area contributed by atoms with Gasteiger partial charge in [0.1, 0.15) is 11.5 Å². The first-order valence-corrected chi connectivity index (χ1v) is 12.1. The third-order valence-electron chi connectivity index (χ3n) is 5.94. The number of phenolic OH excluding ortho intramolecular Hbond substituents is 2. The number of amides is 1. The predicted octanol–water partition coefficient (Wildman–Crippen LogP) is 5.08. The Hall–Kier alpha value is -3.94. The van der Waals surface area contributed by atoms with Crippen LogP contribution in [0.1, 0.15) is 21.5 Å². The summed E-state index contributed by atoms with van der Waals surface area (Å²) in [6, 6.07) is 18.9. The summed E-state index contributed by atoms with van der Waals surface area (Å²) in [7, 11) is 0. The van der Waals surface area contributed by atoms with E-state index in [-0.39, 0.29) is 23.2 Å². The van der Waals surface area contributed by atoms with E-state index in [1.165, 1.54) is 11.3 Å². The van der Waals surface area contributed by atoms with Crippen molar-refractivity contribution < 1.29 is 24.5 Å². The van der Waals surface area contributed by atoms with E-state index in [2.05, 4.69) is 0 Å². The molecule has 0 spiro atoms. The Morgan fingerprint density at radius 1 is 0.886 bits per heavy atom. The second-order valence-corrected chi connectivity index (χ2v) is 9.31. The molecule has 0 unspecified atom stereocenters. The maximum atomic E-state index is 13.7. The molecule has 1 saturated heterocycles. The molecule has 0 radical (unpaired) electrons. The second-order valence-electron chi connectivity index (χ2n) is 8.26. The molecular formula is C28H23NO5S. The maximum Gasteiger partial charge on any atom is 0.246 e. The highest BCUT2D eigenvalue weighted by Gasteiger charge is 2.22. The van der Waals surface area contributed by atoms with Gasteiger partial charge < -0.3 is 19.8 Å². The van der Waals surface area contributed by atoms with Gasteiger partial charge in [0.15, 0.2) is 5.78 Å². The standard InChI is InChI=1S/C28H23NO5S/c30-21-8-6-20(7-9-21)28-26(23-11-10-22(31)17-24(23)35-28)27(33)19-4-1-18(2-5-19)3-12-25(32)29-13-15-34-16-14-29/h1-12,17,30-31H,13-16H2/b12-3+. The number of hydrogen-bond donors (Lipinski definition) is 2. The number of fused-ring (bicyclic) bond motifs is 1. The van der Waals surface area contributed by atoms with Crippen LogP contribution in [0.5, 0.6) is 11.5 Å². The quantitative estimate of drug-likeness (QED) is 0.304. The zero-order chi connectivity index (χ0) is 24.4. The highest BCUT2D eigenvalue weighted by molar-refractivity contribution is 7.22. The summed E-state index contributed by atoms with van der Waals surface area (Å²) < 4.78 is 6.08. The molecule has 0 atom stereocenters.